The summed E-state index contributed by atoms with van der Waals surface area (Å²) in [5.41, 5.74) is 22.1. The fourth-order valence-electron chi connectivity index (χ4n) is 12.8. The third-order valence-corrected chi connectivity index (χ3v) is 20.0. The van der Waals surface area contributed by atoms with Crippen LogP contribution in [0.25, 0.3) is 44.5 Å². The lowest BCUT2D eigenvalue weighted by Crippen LogP contribution is -2.70. The molecule has 60 heavy (non-hydrogen) atoms. The quantitative estimate of drug-likeness (QED) is 0.150. The normalized spacial score (nSPS) is 16.2. The molecule has 0 fully saturated rings. The lowest BCUT2D eigenvalue weighted by molar-refractivity contribution is 0.655. The van der Waals surface area contributed by atoms with Gasteiger partial charge < -0.3 is 4.90 Å². The summed E-state index contributed by atoms with van der Waals surface area (Å²) in [5.74, 6) is 0. The number of benzene rings is 9. The van der Waals surface area contributed by atoms with Gasteiger partial charge in [0.05, 0.1) is 16.8 Å². The van der Waals surface area contributed by atoms with Crippen LogP contribution in [0.4, 0.5) is 17.1 Å². The monoisotopic (exact) mass is 777 g/mol. The smallest absolute Gasteiger partial charge is 0.182 e. The maximum Gasteiger partial charge on any atom is 0.182 e. The maximum absolute atomic E-state index is 2.67. The Morgan fingerprint density at radius 2 is 0.767 bits per heavy atom. The highest BCUT2D eigenvalue weighted by atomic mass is 28.3. The van der Waals surface area contributed by atoms with Gasteiger partial charge in [0.15, 0.2) is 8.07 Å². The van der Waals surface area contributed by atoms with Crippen LogP contribution in [0.15, 0.2) is 200 Å². The van der Waals surface area contributed by atoms with Crippen LogP contribution in [0.5, 0.6) is 0 Å². The minimum atomic E-state index is -2.67. The topological polar surface area (TPSA) is 3.24 Å². The standard InChI is InChI=1S/C58H39NSi/c1-57(2)45-23-9-3-19-39(45)44-34-52-50(35-49(44)57)58(46-24-10-4-17-37(46)38-18-5-11-25-47(38)58)48-26-12-13-27-51(48)59(52)36-31-32-43-42-22-8-16-30-55(42)60(56(43)33-36)53-28-14-6-20-40(53)41-21-7-15-29-54(41)60/h3-35H,1-2H3. The van der Waals surface area contributed by atoms with E-state index in [4.69, 9.17) is 0 Å². The molecular formula is C58H39NSi. The predicted molar refractivity (Wildman–Crippen MR) is 251 cm³/mol. The molecule has 0 saturated heterocycles. The van der Waals surface area contributed by atoms with E-state index in [1.807, 2.05) is 0 Å². The molecule has 0 bridgehead atoms. The molecule has 14 rings (SSSR count). The fraction of sp³-hybridized carbons (Fsp3) is 0.0690. The van der Waals surface area contributed by atoms with Crippen LogP contribution in [0.3, 0.4) is 0 Å². The lowest BCUT2D eigenvalue weighted by Gasteiger charge is -2.46. The van der Waals surface area contributed by atoms with Gasteiger partial charge in [0.1, 0.15) is 0 Å². The first-order valence-corrected chi connectivity index (χ1v) is 23.4. The molecule has 0 N–H and O–H groups in total. The van der Waals surface area contributed by atoms with Gasteiger partial charge in [0, 0.05) is 11.1 Å². The molecule has 0 amide bonds. The summed E-state index contributed by atoms with van der Waals surface area (Å²) in [7, 11) is -2.67. The van der Waals surface area contributed by atoms with Crippen molar-refractivity contribution in [2.24, 2.45) is 0 Å². The largest absolute Gasteiger partial charge is 0.310 e. The Bertz CT molecular complexity index is 3280. The van der Waals surface area contributed by atoms with E-state index in [2.05, 4.69) is 219 Å². The SMILES string of the molecule is CC1(C)c2ccccc2-c2cc3c(cc21)C1(c2ccccc2-c2ccccc21)c1ccccc1N3c1ccc2c(c1)[Si]1(c3ccccc3-c3ccccc31)c1ccccc1-2. The first-order chi connectivity index (χ1) is 29.5. The van der Waals surface area contributed by atoms with Gasteiger partial charge in [-0.15, -0.1) is 0 Å². The number of hydrogen-bond acceptors (Lipinski definition) is 1. The van der Waals surface area contributed by atoms with Crippen molar-refractivity contribution >= 4 is 45.9 Å². The van der Waals surface area contributed by atoms with Gasteiger partial charge in [-0.2, -0.15) is 0 Å². The van der Waals surface area contributed by atoms with E-state index >= 15 is 0 Å². The van der Waals surface area contributed by atoms with Crippen molar-refractivity contribution in [2.45, 2.75) is 24.7 Å². The number of nitrogens with zero attached hydrogens (tertiary/aromatic N) is 1. The molecule has 5 aliphatic rings. The van der Waals surface area contributed by atoms with Crippen molar-refractivity contribution in [3.05, 3.63) is 234 Å². The van der Waals surface area contributed by atoms with E-state index in [0.717, 1.165) is 0 Å². The van der Waals surface area contributed by atoms with Crippen molar-refractivity contribution in [2.75, 3.05) is 4.90 Å². The van der Waals surface area contributed by atoms with E-state index in [9.17, 15) is 0 Å². The van der Waals surface area contributed by atoms with E-state index in [1.54, 1.807) is 0 Å². The molecule has 2 aliphatic carbocycles. The first kappa shape index (κ1) is 32.9. The van der Waals surface area contributed by atoms with E-state index in [1.165, 1.54) is 116 Å². The Balaban J connectivity index is 1.11. The second-order valence-electron chi connectivity index (χ2n) is 17.9. The first-order valence-electron chi connectivity index (χ1n) is 21.4. The Morgan fingerprint density at radius 1 is 0.317 bits per heavy atom. The number of rotatable bonds is 1. The third kappa shape index (κ3) is 3.65. The van der Waals surface area contributed by atoms with Crippen molar-refractivity contribution in [3.8, 4) is 44.5 Å². The molecule has 3 heterocycles. The molecule has 0 aromatic heterocycles. The molecule has 0 saturated carbocycles. The number of para-hydroxylation sites is 1. The molecule has 9 aromatic rings. The van der Waals surface area contributed by atoms with Gasteiger partial charge in [-0.25, -0.2) is 0 Å². The van der Waals surface area contributed by atoms with Gasteiger partial charge in [-0.05, 0) is 123 Å². The van der Waals surface area contributed by atoms with Crippen molar-refractivity contribution in [3.63, 3.8) is 0 Å². The summed E-state index contributed by atoms with van der Waals surface area (Å²) in [4.78, 5) is 2.63. The summed E-state index contributed by atoms with van der Waals surface area (Å²) in [6.07, 6.45) is 0. The summed E-state index contributed by atoms with van der Waals surface area (Å²) < 4.78 is 0. The van der Waals surface area contributed by atoms with Crippen molar-refractivity contribution < 1.29 is 0 Å². The number of hydrogen-bond donors (Lipinski definition) is 0. The summed E-state index contributed by atoms with van der Waals surface area (Å²) in [6, 6.07) is 77.3. The minimum Gasteiger partial charge on any atom is -0.310 e. The van der Waals surface area contributed by atoms with Gasteiger partial charge in [-0.3, -0.25) is 0 Å². The third-order valence-electron chi connectivity index (χ3n) is 15.1. The average molecular weight is 778 g/mol. The molecule has 0 atom stereocenters. The predicted octanol–water partition coefficient (Wildman–Crippen LogP) is 11.5. The Hall–Kier alpha value is -7.00. The summed E-state index contributed by atoms with van der Waals surface area (Å²) in [6.45, 7) is 4.84. The number of fused-ring (bicyclic) bond motifs is 22. The Kier molecular flexibility index (Phi) is 6.13. The van der Waals surface area contributed by atoms with Crippen LogP contribution < -0.4 is 25.6 Å². The lowest BCUT2D eigenvalue weighted by atomic mass is 9.63. The second-order valence-corrected chi connectivity index (χ2v) is 21.6. The van der Waals surface area contributed by atoms with Crippen molar-refractivity contribution in [1.82, 2.24) is 0 Å². The summed E-state index contributed by atoms with van der Waals surface area (Å²) >= 11 is 0. The van der Waals surface area contributed by atoms with Crippen LogP contribution in [0, 0.1) is 0 Å². The highest BCUT2D eigenvalue weighted by molar-refractivity contribution is 7.24. The van der Waals surface area contributed by atoms with Crippen LogP contribution in [-0.4, -0.2) is 8.07 Å². The van der Waals surface area contributed by atoms with Gasteiger partial charge in [0.2, 0.25) is 0 Å². The highest BCUT2D eigenvalue weighted by Crippen LogP contribution is 2.65. The highest BCUT2D eigenvalue weighted by Gasteiger charge is 2.56. The van der Waals surface area contributed by atoms with Crippen LogP contribution in [0.1, 0.15) is 47.2 Å². The number of anilines is 3. The molecule has 2 spiro atoms. The van der Waals surface area contributed by atoms with E-state index in [0.29, 0.717) is 0 Å². The van der Waals surface area contributed by atoms with Crippen LogP contribution in [-0.2, 0) is 10.8 Å². The van der Waals surface area contributed by atoms with Crippen LogP contribution in [0.2, 0.25) is 0 Å². The van der Waals surface area contributed by atoms with Gasteiger partial charge in [0.25, 0.3) is 0 Å². The maximum atomic E-state index is 2.63. The summed E-state index contributed by atoms with van der Waals surface area (Å²) in [5, 5.41) is 6.00. The molecule has 0 unspecified atom stereocenters. The zero-order valence-corrected chi connectivity index (χ0v) is 34.5. The molecule has 0 radical (unpaired) electrons. The van der Waals surface area contributed by atoms with Gasteiger partial charge >= 0.3 is 0 Å². The zero-order chi connectivity index (χ0) is 39.5. The molecule has 3 aliphatic heterocycles. The fourth-order valence-corrected chi connectivity index (χ4v) is 18.4. The van der Waals surface area contributed by atoms with E-state index in [-0.39, 0.29) is 5.41 Å². The Labute approximate surface area is 351 Å². The van der Waals surface area contributed by atoms with Crippen molar-refractivity contribution in [1.29, 1.82) is 0 Å². The Morgan fingerprint density at radius 3 is 1.35 bits per heavy atom. The average Bonchev–Trinajstić information content (AvgIpc) is 3.95. The molecule has 280 valence electrons. The molecular weight excluding hydrogens is 739 g/mol. The van der Waals surface area contributed by atoms with Gasteiger partial charge in [-0.1, -0.05) is 190 Å². The minimum absolute atomic E-state index is 0.151. The second kappa shape index (κ2) is 11.2. The molecule has 1 nitrogen and oxygen atoms in total. The van der Waals surface area contributed by atoms with Crippen LogP contribution >= 0.6 is 0 Å². The van der Waals surface area contributed by atoms with E-state index < -0.39 is 13.5 Å². The zero-order valence-electron chi connectivity index (χ0n) is 33.5. The molecule has 2 heteroatoms. The molecule has 9 aromatic carbocycles.